The van der Waals surface area contributed by atoms with Crippen LogP contribution in [0.4, 0.5) is 0 Å². The molecule has 1 saturated carbocycles. The summed E-state index contributed by atoms with van der Waals surface area (Å²) >= 11 is 0. The van der Waals surface area contributed by atoms with E-state index in [0.29, 0.717) is 6.04 Å². The highest BCUT2D eigenvalue weighted by atomic mass is 15.0. The summed E-state index contributed by atoms with van der Waals surface area (Å²) in [6, 6.07) is 7.41. The van der Waals surface area contributed by atoms with E-state index < -0.39 is 0 Å². The Hall–Kier alpha value is -2.22. The Balaban J connectivity index is 1.50. The molecule has 2 heteroatoms. The van der Waals surface area contributed by atoms with Crippen LogP contribution in [0.5, 0.6) is 0 Å². The molecule has 2 aliphatic carbocycles. The molecule has 0 unspecified atom stereocenters. The number of benzene rings is 1. The topological polar surface area (TPSA) is 27.8 Å². The van der Waals surface area contributed by atoms with Crippen LogP contribution >= 0.6 is 0 Å². The summed E-state index contributed by atoms with van der Waals surface area (Å²) in [7, 11) is 0. The van der Waals surface area contributed by atoms with E-state index in [1.165, 1.54) is 54.5 Å². The molecule has 1 aromatic heterocycles. The van der Waals surface area contributed by atoms with Crippen LogP contribution in [0.25, 0.3) is 11.8 Å². The molecule has 24 heavy (non-hydrogen) atoms. The van der Waals surface area contributed by atoms with Gasteiger partial charge in [0, 0.05) is 29.7 Å². The van der Waals surface area contributed by atoms with Gasteiger partial charge in [-0.25, -0.2) is 0 Å². The van der Waals surface area contributed by atoms with E-state index in [4.69, 9.17) is 0 Å². The third-order valence-corrected chi connectivity index (χ3v) is 5.25. The lowest BCUT2D eigenvalue weighted by molar-refractivity contribution is 0.869. The fraction of sp³-hybridized carbons (Fsp3) is 0.364. The molecular formula is C22H26N2. The highest BCUT2D eigenvalue weighted by Crippen LogP contribution is 2.30. The first-order valence-corrected chi connectivity index (χ1v) is 9.21. The average Bonchev–Trinajstić information content (AvgIpc) is 3.06. The number of rotatable bonds is 7. The zero-order chi connectivity index (χ0) is 16.4. The van der Waals surface area contributed by atoms with E-state index in [-0.39, 0.29) is 0 Å². The van der Waals surface area contributed by atoms with Crippen molar-refractivity contribution in [1.29, 1.82) is 0 Å². The minimum atomic E-state index is 0.683. The quantitative estimate of drug-likeness (QED) is 0.749. The second-order valence-electron chi connectivity index (χ2n) is 7.00. The van der Waals surface area contributed by atoms with Crippen molar-refractivity contribution < 1.29 is 0 Å². The van der Waals surface area contributed by atoms with E-state index in [1.807, 2.05) is 12.3 Å². The van der Waals surface area contributed by atoms with E-state index in [2.05, 4.69) is 47.4 Å². The van der Waals surface area contributed by atoms with Crippen molar-refractivity contribution in [2.45, 2.75) is 51.0 Å². The molecule has 4 rings (SSSR count). The van der Waals surface area contributed by atoms with Gasteiger partial charge in [0.15, 0.2) is 0 Å². The number of aromatic nitrogens is 1. The minimum absolute atomic E-state index is 0.683. The lowest BCUT2D eigenvalue weighted by Gasteiger charge is -2.12. The Bertz CT molecular complexity index is 749. The number of hydrogen-bond acceptors (Lipinski definition) is 1. The van der Waals surface area contributed by atoms with Crippen molar-refractivity contribution in [2.24, 2.45) is 0 Å². The maximum atomic E-state index is 3.96. The van der Waals surface area contributed by atoms with E-state index in [0.717, 1.165) is 12.8 Å². The van der Waals surface area contributed by atoms with Gasteiger partial charge in [-0.1, -0.05) is 30.9 Å². The summed E-state index contributed by atoms with van der Waals surface area (Å²) in [5, 5.41) is 3.68. The average molecular weight is 318 g/mol. The van der Waals surface area contributed by atoms with Gasteiger partial charge in [0.05, 0.1) is 0 Å². The first kappa shape index (κ1) is 15.3. The number of nitrogens with one attached hydrogen (secondary N) is 2. The molecule has 2 aromatic rings. The lowest BCUT2D eigenvalue weighted by atomic mass is 9.95. The zero-order valence-electron chi connectivity index (χ0n) is 14.3. The Labute approximate surface area is 144 Å². The van der Waals surface area contributed by atoms with Crippen LogP contribution in [0.2, 0.25) is 0 Å². The van der Waals surface area contributed by atoms with Crippen molar-refractivity contribution in [1.82, 2.24) is 10.3 Å². The van der Waals surface area contributed by atoms with Gasteiger partial charge in [0.2, 0.25) is 0 Å². The van der Waals surface area contributed by atoms with Gasteiger partial charge in [-0.3, -0.25) is 0 Å². The number of H-pyrrole nitrogens is 1. The molecule has 0 aliphatic heterocycles. The molecule has 1 fully saturated rings. The summed E-state index contributed by atoms with van der Waals surface area (Å²) in [6.07, 6.45) is 17.0. The highest BCUT2D eigenvalue weighted by molar-refractivity contribution is 5.64. The highest BCUT2D eigenvalue weighted by Gasteiger charge is 2.22. The number of fused-ring (bicyclic) bond motifs is 1. The van der Waals surface area contributed by atoms with Crippen LogP contribution < -0.4 is 5.32 Å². The standard InChI is InChI=1S/C22H26N2/c1-2-16-9-10-17(21-7-4-6-20(16)21)5-3-8-22(24-19-11-12-19)18-13-14-23-15-18/h2,8-10,13-15,19,23-24H,1,3-7,11-12H2/b22-8+. The summed E-state index contributed by atoms with van der Waals surface area (Å²) < 4.78 is 0. The molecule has 0 bridgehead atoms. The maximum Gasteiger partial charge on any atom is 0.0390 e. The molecule has 124 valence electrons. The number of hydrogen-bond donors (Lipinski definition) is 2. The van der Waals surface area contributed by atoms with Crippen molar-refractivity contribution in [3.63, 3.8) is 0 Å². The van der Waals surface area contributed by atoms with Crippen molar-refractivity contribution in [3.8, 4) is 0 Å². The maximum absolute atomic E-state index is 3.96. The molecule has 0 saturated heterocycles. The molecule has 2 aliphatic rings. The predicted octanol–water partition coefficient (Wildman–Crippen LogP) is 4.87. The summed E-state index contributed by atoms with van der Waals surface area (Å²) in [6.45, 7) is 3.96. The first-order chi connectivity index (χ1) is 11.8. The van der Waals surface area contributed by atoms with Crippen LogP contribution in [0.1, 0.15) is 53.5 Å². The van der Waals surface area contributed by atoms with E-state index in [1.54, 1.807) is 11.1 Å². The second kappa shape index (κ2) is 6.72. The predicted molar refractivity (Wildman–Crippen MR) is 102 cm³/mol. The molecule has 0 spiro atoms. The Morgan fingerprint density at radius 2 is 2.08 bits per heavy atom. The monoisotopic (exact) mass is 318 g/mol. The van der Waals surface area contributed by atoms with Crippen LogP contribution in [0, 0.1) is 0 Å². The summed E-state index contributed by atoms with van der Waals surface area (Å²) in [5.74, 6) is 0. The molecule has 2 N–H and O–H groups in total. The molecular weight excluding hydrogens is 292 g/mol. The largest absolute Gasteiger partial charge is 0.382 e. The van der Waals surface area contributed by atoms with Crippen molar-refractivity contribution in [3.05, 3.63) is 71.1 Å². The summed E-state index contributed by atoms with van der Waals surface area (Å²) in [4.78, 5) is 3.17. The van der Waals surface area contributed by atoms with Gasteiger partial charge in [0.25, 0.3) is 0 Å². The van der Waals surface area contributed by atoms with E-state index in [9.17, 15) is 0 Å². The second-order valence-corrected chi connectivity index (χ2v) is 7.00. The van der Waals surface area contributed by atoms with Crippen LogP contribution in [0.15, 0.2) is 43.2 Å². The molecule has 2 nitrogen and oxygen atoms in total. The molecule has 1 aromatic carbocycles. The zero-order valence-corrected chi connectivity index (χ0v) is 14.3. The van der Waals surface area contributed by atoms with Gasteiger partial charge < -0.3 is 10.3 Å². The van der Waals surface area contributed by atoms with Crippen molar-refractivity contribution >= 4 is 11.8 Å². The van der Waals surface area contributed by atoms with Crippen LogP contribution in [-0.2, 0) is 19.3 Å². The molecule has 1 heterocycles. The van der Waals surface area contributed by atoms with Gasteiger partial charge in [-0.2, -0.15) is 0 Å². The first-order valence-electron chi connectivity index (χ1n) is 9.21. The van der Waals surface area contributed by atoms with Gasteiger partial charge in [-0.05, 0) is 73.3 Å². The summed E-state index contributed by atoms with van der Waals surface area (Å²) in [5.41, 5.74) is 8.58. The fourth-order valence-electron chi connectivity index (χ4n) is 3.80. The van der Waals surface area contributed by atoms with Gasteiger partial charge >= 0.3 is 0 Å². The Morgan fingerprint density at radius 3 is 2.83 bits per heavy atom. The van der Waals surface area contributed by atoms with Gasteiger partial charge in [-0.15, -0.1) is 0 Å². The van der Waals surface area contributed by atoms with Crippen molar-refractivity contribution in [2.75, 3.05) is 0 Å². The SMILES string of the molecule is C=Cc1ccc(CC/C=C(/NC2CC2)c2cc[nH]c2)c2c1CCC2. The molecule has 0 radical (unpaired) electrons. The Kier molecular flexibility index (Phi) is 4.29. The fourth-order valence-corrected chi connectivity index (χ4v) is 3.80. The lowest BCUT2D eigenvalue weighted by Crippen LogP contribution is -2.14. The van der Waals surface area contributed by atoms with Crippen LogP contribution in [0.3, 0.4) is 0 Å². The smallest absolute Gasteiger partial charge is 0.0390 e. The third-order valence-electron chi connectivity index (χ3n) is 5.25. The normalized spacial score (nSPS) is 16.9. The molecule has 0 amide bonds. The minimum Gasteiger partial charge on any atom is -0.382 e. The van der Waals surface area contributed by atoms with E-state index >= 15 is 0 Å². The number of aromatic amines is 1. The Morgan fingerprint density at radius 1 is 1.21 bits per heavy atom. The number of allylic oxidation sites excluding steroid dienone is 1. The molecule has 0 atom stereocenters. The third kappa shape index (κ3) is 3.19. The number of aryl methyl sites for hydroxylation is 1. The van der Waals surface area contributed by atoms with Gasteiger partial charge in [0.1, 0.15) is 0 Å². The van der Waals surface area contributed by atoms with Crippen LogP contribution in [-0.4, -0.2) is 11.0 Å².